The van der Waals surface area contributed by atoms with Gasteiger partial charge in [-0.05, 0) is 47.0 Å². The van der Waals surface area contributed by atoms with Crippen LogP contribution in [-0.2, 0) is 14.3 Å². The van der Waals surface area contributed by atoms with Crippen LogP contribution in [0.15, 0.2) is 0 Å². The third kappa shape index (κ3) is 7.64. The molecule has 6 heteroatoms. The van der Waals surface area contributed by atoms with E-state index in [1.165, 1.54) is 0 Å². The smallest absolute Gasteiger partial charge is 0.407 e. The van der Waals surface area contributed by atoms with Crippen LogP contribution in [0.4, 0.5) is 4.79 Å². The maximum atomic E-state index is 11.8. The van der Waals surface area contributed by atoms with E-state index in [2.05, 4.69) is 10.6 Å². The minimum Gasteiger partial charge on any atom is -0.466 e. The van der Waals surface area contributed by atoms with Gasteiger partial charge in [-0.25, -0.2) is 4.79 Å². The van der Waals surface area contributed by atoms with Crippen LogP contribution >= 0.6 is 0 Å². The molecule has 2 unspecified atom stereocenters. The van der Waals surface area contributed by atoms with Crippen LogP contribution in [0.2, 0.25) is 0 Å². The lowest BCUT2D eigenvalue weighted by molar-refractivity contribution is -0.149. The summed E-state index contributed by atoms with van der Waals surface area (Å²) in [4.78, 5) is 23.3. The van der Waals surface area contributed by atoms with Gasteiger partial charge in [0.25, 0.3) is 0 Å². The molecule has 1 aliphatic rings. The molecule has 0 aliphatic heterocycles. The molecule has 22 heavy (non-hydrogen) atoms. The Morgan fingerprint density at radius 3 is 2.55 bits per heavy atom. The Bertz CT molecular complexity index is 366. The molecule has 128 valence electrons. The first-order chi connectivity index (χ1) is 10.3. The number of esters is 1. The molecule has 1 aliphatic carbocycles. The molecule has 1 fully saturated rings. The Kier molecular flexibility index (Phi) is 7.65. The van der Waals surface area contributed by atoms with E-state index in [-0.39, 0.29) is 11.9 Å². The van der Waals surface area contributed by atoms with Gasteiger partial charge in [-0.1, -0.05) is 6.42 Å². The second-order valence-corrected chi connectivity index (χ2v) is 6.70. The van der Waals surface area contributed by atoms with Gasteiger partial charge >= 0.3 is 12.1 Å². The Labute approximate surface area is 133 Å². The van der Waals surface area contributed by atoms with Crippen LogP contribution in [0.1, 0.15) is 53.4 Å². The quantitative estimate of drug-likeness (QED) is 0.581. The van der Waals surface area contributed by atoms with Crippen molar-refractivity contribution in [3.8, 4) is 0 Å². The van der Waals surface area contributed by atoms with Gasteiger partial charge in [0.05, 0.1) is 12.5 Å². The number of ether oxygens (including phenoxy) is 2. The summed E-state index contributed by atoms with van der Waals surface area (Å²) >= 11 is 0. The van der Waals surface area contributed by atoms with Gasteiger partial charge in [0, 0.05) is 19.1 Å². The monoisotopic (exact) mass is 314 g/mol. The second kappa shape index (κ2) is 8.98. The second-order valence-electron chi connectivity index (χ2n) is 6.70. The van der Waals surface area contributed by atoms with Crippen molar-refractivity contribution in [3.63, 3.8) is 0 Å². The largest absolute Gasteiger partial charge is 0.466 e. The molecular formula is C16H30N2O4. The number of alkyl carbamates (subject to hydrolysis) is 1. The fraction of sp³-hybridized carbons (Fsp3) is 0.875. The first kappa shape index (κ1) is 18.7. The predicted molar refractivity (Wildman–Crippen MR) is 84.6 cm³/mol. The number of carbonyl (C=O) groups excluding carboxylic acids is 2. The van der Waals surface area contributed by atoms with Crippen molar-refractivity contribution in [2.45, 2.75) is 65.0 Å². The summed E-state index contributed by atoms with van der Waals surface area (Å²) in [7, 11) is 0. The standard InChI is InChI=1S/C16H30N2O4/c1-5-21-14(19)12-7-6-8-13(11-12)17-9-10-18-15(20)22-16(2,3)4/h12-13,17H,5-11H2,1-4H3,(H,18,20). The molecule has 0 heterocycles. The zero-order chi connectivity index (χ0) is 16.6. The van der Waals surface area contributed by atoms with Gasteiger partial charge in [0.1, 0.15) is 5.60 Å². The van der Waals surface area contributed by atoms with Crippen molar-refractivity contribution in [1.29, 1.82) is 0 Å². The molecule has 0 bridgehead atoms. The van der Waals surface area contributed by atoms with Crippen molar-refractivity contribution in [3.05, 3.63) is 0 Å². The highest BCUT2D eigenvalue weighted by molar-refractivity contribution is 5.72. The van der Waals surface area contributed by atoms with Crippen LogP contribution in [0.3, 0.4) is 0 Å². The Balaban J connectivity index is 2.19. The molecule has 0 aromatic carbocycles. The summed E-state index contributed by atoms with van der Waals surface area (Å²) in [6.45, 7) is 8.95. The van der Waals surface area contributed by atoms with E-state index >= 15 is 0 Å². The summed E-state index contributed by atoms with van der Waals surface area (Å²) in [5, 5.41) is 6.11. The Hall–Kier alpha value is -1.30. The minimum atomic E-state index is -0.478. The van der Waals surface area contributed by atoms with Gasteiger partial charge in [0.2, 0.25) is 0 Å². The van der Waals surface area contributed by atoms with E-state index in [0.29, 0.717) is 25.7 Å². The Morgan fingerprint density at radius 1 is 1.18 bits per heavy atom. The van der Waals surface area contributed by atoms with Gasteiger partial charge in [-0.3, -0.25) is 4.79 Å². The molecule has 2 N–H and O–H groups in total. The van der Waals surface area contributed by atoms with Gasteiger partial charge in [0.15, 0.2) is 0 Å². The highest BCUT2D eigenvalue weighted by atomic mass is 16.6. The molecule has 0 spiro atoms. The first-order valence-electron chi connectivity index (χ1n) is 8.18. The average Bonchev–Trinajstić information content (AvgIpc) is 2.42. The topological polar surface area (TPSA) is 76.7 Å². The number of hydrogen-bond donors (Lipinski definition) is 2. The molecule has 1 rings (SSSR count). The first-order valence-corrected chi connectivity index (χ1v) is 8.18. The van der Waals surface area contributed by atoms with Crippen LogP contribution in [0.25, 0.3) is 0 Å². The number of carbonyl (C=O) groups is 2. The van der Waals surface area contributed by atoms with E-state index in [9.17, 15) is 9.59 Å². The maximum absolute atomic E-state index is 11.8. The normalized spacial score (nSPS) is 22.0. The molecule has 0 saturated heterocycles. The van der Waals surface area contributed by atoms with Crippen LogP contribution in [-0.4, -0.2) is 43.4 Å². The van der Waals surface area contributed by atoms with Crippen molar-refractivity contribution >= 4 is 12.1 Å². The van der Waals surface area contributed by atoms with Crippen molar-refractivity contribution in [1.82, 2.24) is 10.6 Å². The lowest BCUT2D eigenvalue weighted by Gasteiger charge is -2.28. The summed E-state index contributed by atoms with van der Waals surface area (Å²) in [6, 6.07) is 0.309. The summed E-state index contributed by atoms with van der Waals surface area (Å²) in [5.41, 5.74) is -0.478. The van der Waals surface area contributed by atoms with E-state index in [4.69, 9.17) is 9.47 Å². The average molecular weight is 314 g/mol. The minimum absolute atomic E-state index is 0.00464. The van der Waals surface area contributed by atoms with Crippen molar-refractivity contribution in [2.75, 3.05) is 19.7 Å². The van der Waals surface area contributed by atoms with E-state index in [1.807, 2.05) is 27.7 Å². The van der Waals surface area contributed by atoms with Gasteiger partial charge < -0.3 is 20.1 Å². The van der Waals surface area contributed by atoms with Gasteiger partial charge in [-0.2, -0.15) is 0 Å². The van der Waals surface area contributed by atoms with Crippen molar-refractivity contribution in [2.24, 2.45) is 5.92 Å². The zero-order valence-electron chi connectivity index (χ0n) is 14.2. The van der Waals surface area contributed by atoms with Crippen molar-refractivity contribution < 1.29 is 19.1 Å². The molecule has 6 nitrogen and oxygen atoms in total. The highest BCUT2D eigenvalue weighted by Gasteiger charge is 2.27. The van der Waals surface area contributed by atoms with E-state index < -0.39 is 11.7 Å². The summed E-state index contributed by atoms with van der Waals surface area (Å²) in [6.07, 6.45) is 3.41. The predicted octanol–water partition coefficient (Wildman–Crippen LogP) is 2.22. The van der Waals surface area contributed by atoms with Crippen LogP contribution in [0.5, 0.6) is 0 Å². The molecule has 2 atom stereocenters. The molecule has 1 amide bonds. The number of nitrogens with one attached hydrogen (secondary N) is 2. The molecule has 0 aromatic heterocycles. The molecule has 0 radical (unpaired) electrons. The number of rotatable bonds is 6. The summed E-state index contributed by atoms with van der Waals surface area (Å²) < 4.78 is 10.3. The number of hydrogen-bond acceptors (Lipinski definition) is 5. The summed E-state index contributed by atoms with van der Waals surface area (Å²) in [5.74, 6) is -0.0779. The lowest BCUT2D eigenvalue weighted by Crippen LogP contribution is -2.41. The molecule has 1 saturated carbocycles. The van der Waals surface area contributed by atoms with E-state index in [0.717, 1.165) is 25.7 Å². The number of amides is 1. The lowest BCUT2D eigenvalue weighted by atomic mass is 9.86. The molecular weight excluding hydrogens is 284 g/mol. The SMILES string of the molecule is CCOC(=O)C1CCCC(NCCNC(=O)OC(C)(C)C)C1. The fourth-order valence-corrected chi connectivity index (χ4v) is 2.60. The zero-order valence-corrected chi connectivity index (χ0v) is 14.2. The van der Waals surface area contributed by atoms with E-state index in [1.54, 1.807) is 0 Å². The fourth-order valence-electron chi connectivity index (χ4n) is 2.60. The third-order valence-corrected chi connectivity index (χ3v) is 3.52. The van der Waals surface area contributed by atoms with Crippen LogP contribution in [0, 0.1) is 5.92 Å². The third-order valence-electron chi connectivity index (χ3n) is 3.52. The maximum Gasteiger partial charge on any atom is 0.407 e. The van der Waals surface area contributed by atoms with Crippen LogP contribution < -0.4 is 10.6 Å². The Morgan fingerprint density at radius 2 is 1.91 bits per heavy atom. The highest BCUT2D eigenvalue weighted by Crippen LogP contribution is 2.25. The van der Waals surface area contributed by atoms with Gasteiger partial charge in [-0.15, -0.1) is 0 Å². The molecule has 0 aromatic rings.